The zero-order valence-corrected chi connectivity index (χ0v) is 20.6. The van der Waals surface area contributed by atoms with Crippen LogP contribution in [0.1, 0.15) is 25.7 Å². The van der Waals surface area contributed by atoms with Crippen LogP contribution in [0.4, 0.5) is 10.5 Å². The SMILES string of the molecule is COCCOc1cc2ncnc(Oc3ccc(NC(=O)NC4CCCC4)c(Cl)c3)c2c2c1OCCO2. The minimum Gasteiger partial charge on any atom is -0.487 e. The molecule has 1 aliphatic heterocycles. The van der Waals surface area contributed by atoms with Crippen LogP contribution in [-0.4, -0.2) is 55.6 Å². The van der Waals surface area contributed by atoms with Gasteiger partial charge in [0.2, 0.25) is 11.6 Å². The Balaban J connectivity index is 1.38. The van der Waals surface area contributed by atoms with Crippen LogP contribution in [0.15, 0.2) is 30.6 Å². The van der Waals surface area contributed by atoms with Gasteiger partial charge in [-0.1, -0.05) is 24.4 Å². The smallest absolute Gasteiger partial charge is 0.319 e. The number of ether oxygens (including phenoxy) is 5. The standard InChI is InChI=1S/C25H27ClN4O6/c1-32-8-9-33-20-13-19-21(23-22(20)34-10-11-35-23)24(28-14-27-19)36-16-6-7-18(17(26)12-16)30-25(31)29-15-4-2-3-5-15/h6-7,12-15H,2-5,8-11H2,1H3,(H2,29,30,31). The molecule has 0 spiro atoms. The van der Waals surface area contributed by atoms with E-state index in [1.54, 1.807) is 31.4 Å². The van der Waals surface area contributed by atoms with Crippen molar-refractivity contribution in [3.63, 3.8) is 0 Å². The molecule has 0 atom stereocenters. The topological polar surface area (TPSA) is 113 Å². The Morgan fingerprint density at radius 3 is 2.69 bits per heavy atom. The molecule has 5 rings (SSSR count). The van der Waals surface area contributed by atoms with Gasteiger partial charge >= 0.3 is 6.03 Å². The van der Waals surface area contributed by atoms with E-state index in [0.717, 1.165) is 25.7 Å². The number of benzene rings is 2. The van der Waals surface area contributed by atoms with Gasteiger partial charge in [-0.15, -0.1) is 0 Å². The van der Waals surface area contributed by atoms with Crippen LogP contribution in [0, 0.1) is 0 Å². The van der Waals surface area contributed by atoms with E-state index < -0.39 is 0 Å². The van der Waals surface area contributed by atoms with E-state index in [9.17, 15) is 4.79 Å². The van der Waals surface area contributed by atoms with E-state index >= 15 is 0 Å². The van der Waals surface area contributed by atoms with Gasteiger partial charge in [-0.2, -0.15) is 0 Å². The summed E-state index contributed by atoms with van der Waals surface area (Å²) in [4.78, 5) is 21.0. The molecule has 0 saturated heterocycles. The van der Waals surface area contributed by atoms with Gasteiger partial charge in [-0.3, -0.25) is 0 Å². The lowest BCUT2D eigenvalue weighted by molar-refractivity contribution is 0.134. The molecule has 2 N–H and O–H groups in total. The Morgan fingerprint density at radius 2 is 1.92 bits per heavy atom. The summed E-state index contributed by atoms with van der Waals surface area (Å²) in [6.45, 7) is 1.54. The summed E-state index contributed by atoms with van der Waals surface area (Å²) in [5.74, 6) is 2.15. The van der Waals surface area contributed by atoms with Gasteiger partial charge < -0.3 is 34.3 Å². The summed E-state index contributed by atoms with van der Waals surface area (Å²) in [5.41, 5.74) is 1.06. The summed E-state index contributed by atoms with van der Waals surface area (Å²) in [6.07, 6.45) is 5.67. The first-order valence-corrected chi connectivity index (χ1v) is 12.2. The van der Waals surface area contributed by atoms with Crippen LogP contribution in [0.5, 0.6) is 28.9 Å². The van der Waals surface area contributed by atoms with Gasteiger partial charge in [-0.25, -0.2) is 14.8 Å². The highest BCUT2D eigenvalue weighted by Gasteiger charge is 2.25. The Hall–Kier alpha value is -3.50. The molecule has 2 heterocycles. The molecule has 0 radical (unpaired) electrons. The average molecular weight is 515 g/mol. The minimum absolute atomic E-state index is 0.209. The quantitative estimate of drug-likeness (QED) is 0.406. The first-order valence-electron chi connectivity index (χ1n) is 11.9. The van der Waals surface area contributed by atoms with E-state index in [2.05, 4.69) is 20.6 Å². The highest BCUT2D eigenvalue weighted by Crippen LogP contribution is 2.48. The van der Waals surface area contributed by atoms with Crippen molar-refractivity contribution in [2.24, 2.45) is 0 Å². The minimum atomic E-state index is -0.272. The largest absolute Gasteiger partial charge is 0.487 e. The van der Waals surface area contributed by atoms with Crippen molar-refractivity contribution in [1.82, 2.24) is 15.3 Å². The number of hydrogen-bond acceptors (Lipinski definition) is 8. The normalized spacial score (nSPS) is 15.1. The first-order chi connectivity index (χ1) is 17.6. The Labute approximate surface area is 213 Å². The second-order valence-corrected chi connectivity index (χ2v) is 8.87. The molecular formula is C25H27ClN4O6. The van der Waals surface area contributed by atoms with Crippen LogP contribution in [0.2, 0.25) is 5.02 Å². The van der Waals surface area contributed by atoms with E-state index in [1.165, 1.54) is 6.33 Å². The average Bonchev–Trinajstić information content (AvgIpc) is 3.39. The first kappa shape index (κ1) is 24.2. The third kappa shape index (κ3) is 5.34. The number of rotatable bonds is 8. The number of fused-ring (bicyclic) bond motifs is 3. The summed E-state index contributed by atoms with van der Waals surface area (Å²) >= 11 is 6.44. The monoisotopic (exact) mass is 514 g/mol. The van der Waals surface area contributed by atoms with E-state index in [-0.39, 0.29) is 18.0 Å². The number of urea groups is 1. The van der Waals surface area contributed by atoms with Crippen molar-refractivity contribution in [1.29, 1.82) is 0 Å². The molecular weight excluding hydrogens is 488 g/mol. The van der Waals surface area contributed by atoms with Gasteiger partial charge in [0.15, 0.2) is 11.5 Å². The van der Waals surface area contributed by atoms with Crippen LogP contribution >= 0.6 is 11.6 Å². The number of carbonyl (C=O) groups excluding carboxylic acids is 1. The molecule has 2 amide bonds. The summed E-state index contributed by atoms with van der Waals surface area (Å²) < 4.78 is 28.8. The zero-order chi connectivity index (χ0) is 24.9. The lowest BCUT2D eigenvalue weighted by Gasteiger charge is -2.23. The number of methoxy groups -OCH3 is 1. The van der Waals surface area contributed by atoms with Crippen molar-refractivity contribution in [2.75, 3.05) is 38.9 Å². The molecule has 36 heavy (non-hydrogen) atoms. The number of anilines is 1. The van der Waals surface area contributed by atoms with Crippen molar-refractivity contribution >= 4 is 34.2 Å². The van der Waals surface area contributed by atoms with Crippen molar-refractivity contribution in [3.8, 4) is 28.9 Å². The van der Waals surface area contributed by atoms with Crippen LogP contribution in [0.25, 0.3) is 10.9 Å². The third-order valence-electron chi connectivity index (χ3n) is 5.98. The predicted molar refractivity (Wildman–Crippen MR) is 134 cm³/mol. The van der Waals surface area contributed by atoms with E-state index in [4.69, 9.17) is 35.3 Å². The maximum Gasteiger partial charge on any atom is 0.319 e. The van der Waals surface area contributed by atoms with Gasteiger partial charge in [0, 0.05) is 25.3 Å². The molecule has 3 aromatic rings. The highest BCUT2D eigenvalue weighted by molar-refractivity contribution is 6.33. The second kappa shape index (κ2) is 11.0. The number of nitrogens with zero attached hydrogens (tertiary/aromatic N) is 2. The Kier molecular flexibility index (Phi) is 7.43. The molecule has 190 valence electrons. The summed E-state index contributed by atoms with van der Waals surface area (Å²) in [5, 5.41) is 6.67. The molecule has 10 nitrogen and oxygen atoms in total. The van der Waals surface area contributed by atoms with Gasteiger partial charge in [0.1, 0.15) is 37.3 Å². The molecule has 1 aliphatic carbocycles. The van der Waals surface area contributed by atoms with Gasteiger partial charge in [0.05, 0.1) is 22.8 Å². The summed E-state index contributed by atoms with van der Waals surface area (Å²) in [6, 6.07) is 6.71. The maximum absolute atomic E-state index is 12.3. The lowest BCUT2D eigenvalue weighted by atomic mass is 10.1. The van der Waals surface area contributed by atoms with Crippen LogP contribution < -0.4 is 29.6 Å². The van der Waals surface area contributed by atoms with Crippen molar-refractivity contribution < 1.29 is 28.5 Å². The summed E-state index contributed by atoms with van der Waals surface area (Å²) in [7, 11) is 1.61. The fourth-order valence-corrected chi connectivity index (χ4v) is 4.51. The molecule has 1 aromatic heterocycles. The highest BCUT2D eigenvalue weighted by atomic mass is 35.5. The Bertz CT molecular complexity index is 1250. The number of nitrogens with one attached hydrogen (secondary N) is 2. The number of halogens is 1. The maximum atomic E-state index is 12.3. The fourth-order valence-electron chi connectivity index (χ4n) is 4.29. The molecule has 1 saturated carbocycles. The van der Waals surface area contributed by atoms with Gasteiger partial charge in [0.25, 0.3) is 0 Å². The molecule has 2 aliphatic rings. The van der Waals surface area contributed by atoms with E-state index in [1.807, 2.05) is 0 Å². The number of amides is 2. The second-order valence-electron chi connectivity index (χ2n) is 8.47. The zero-order valence-electron chi connectivity index (χ0n) is 19.8. The number of carbonyl (C=O) groups is 1. The number of aromatic nitrogens is 2. The van der Waals surface area contributed by atoms with Crippen LogP contribution in [0.3, 0.4) is 0 Å². The van der Waals surface area contributed by atoms with E-state index in [0.29, 0.717) is 71.0 Å². The van der Waals surface area contributed by atoms with Gasteiger partial charge in [-0.05, 0) is 25.0 Å². The lowest BCUT2D eigenvalue weighted by Crippen LogP contribution is -2.36. The number of hydrogen-bond donors (Lipinski definition) is 2. The molecule has 0 bridgehead atoms. The molecule has 0 unspecified atom stereocenters. The third-order valence-corrected chi connectivity index (χ3v) is 6.29. The van der Waals surface area contributed by atoms with Crippen molar-refractivity contribution in [3.05, 3.63) is 35.6 Å². The predicted octanol–water partition coefficient (Wildman–Crippen LogP) is 4.94. The van der Waals surface area contributed by atoms with Crippen LogP contribution in [-0.2, 0) is 4.74 Å². The fraction of sp³-hybridized carbons (Fsp3) is 0.400. The Morgan fingerprint density at radius 1 is 1.11 bits per heavy atom. The van der Waals surface area contributed by atoms with Crippen molar-refractivity contribution in [2.45, 2.75) is 31.7 Å². The molecule has 11 heteroatoms. The molecule has 1 fully saturated rings. The molecule has 2 aromatic carbocycles.